The van der Waals surface area contributed by atoms with Crippen LogP contribution in [0.3, 0.4) is 0 Å². The molecule has 0 atom stereocenters. The van der Waals surface area contributed by atoms with E-state index in [9.17, 15) is 9.90 Å². The standard InChI is InChI=1S/C17H17N3O2/c1-3-14-16(20-10-11(2)7-8-15(20)19-14)17(22)18-12-5-4-6-13(21)9-12/h4-10,21H,3H2,1-2H3,(H,18,22). The lowest BCUT2D eigenvalue weighted by atomic mass is 10.2. The molecule has 1 amide bonds. The number of hydrogen-bond acceptors (Lipinski definition) is 3. The lowest BCUT2D eigenvalue weighted by Gasteiger charge is -2.07. The van der Waals surface area contributed by atoms with Crippen molar-refractivity contribution in [3.05, 3.63) is 59.5 Å². The van der Waals surface area contributed by atoms with Gasteiger partial charge in [0.05, 0.1) is 5.69 Å². The van der Waals surface area contributed by atoms with Gasteiger partial charge in [0.15, 0.2) is 0 Å². The number of pyridine rings is 1. The summed E-state index contributed by atoms with van der Waals surface area (Å²) in [5.41, 5.74) is 3.64. The highest BCUT2D eigenvalue weighted by molar-refractivity contribution is 6.04. The number of rotatable bonds is 3. The van der Waals surface area contributed by atoms with Crippen molar-refractivity contribution < 1.29 is 9.90 Å². The van der Waals surface area contributed by atoms with Crippen LogP contribution in [0.15, 0.2) is 42.6 Å². The summed E-state index contributed by atoms with van der Waals surface area (Å²) < 4.78 is 1.81. The van der Waals surface area contributed by atoms with Crippen LogP contribution in [-0.4, -0.2) is 20.4 Å². The van der Waals surface area contributed by atoms with E-state index in [2.05, 4.69) is 10.3 Å². The lowest BCUT2D eigenvalue weighted by molar-refractivity contribution is 0.102. The molecule has 0 saturated carbocycles. The molecule has 0 bridgehead atoms. The summed E-state index contributed by atoms with van der Waals surface area (Å²) in [5.74, 6) is -0.122. The molecule has 0 fully saturated rings. The second-order valence-electron chi connectivity index (χ2n) is 5.20. The number of phenols is 1. The Balaban J connectivity index is 2.04. The van der Waals surface area contributed by atoms with E-state index in [-0.39, 0.29) is 11.7 Å². The first-order chi connectivity index (χ1) is 10.6. The number of aromatic hydroxyl groups is 1. The van der Waals surface area contributed by atoms with Crippen molar-refractivity contribution in [2.75, 3.05) is 5.32 Å². The van der Waals surface area contributed by atoms with Crippen LogP contribution < -0.4 is 5.32 Å². The highest BCUT2D eigenvalue weighted by atomic mass is 16.3. The highest BCUT2D eigenvalue weighted by Crippen LogP contribution is 2.19. The summed E-state index contributed by atoms with van der Waals surface area (Å²) in [6.07, 6.45) is 2.57. The third-order valence-electron chi connectivity index (χ3n) is 3.49. The fourth-order valence-corrected chi connectivity index (χ4v) is 2.46. The minimum absolute atomic E-state index is 0.113. The zero-order valence-electron chi connectivity index (χ0n) is 12.5. The Hall–Kier alpha value is -2.82. The summed E-state index contributed by atoms with van der Waals surface area (Å²) >= 11 is 0. The molecule has 3 rings (SSSR count). The average molecular weight is 295 g/mol. The molecule has 0 saturated heterocycles. The van der Waals surface area contributed by atoms with Crippen molar-refractivity contribution in [1.82, 2.24) is 9.38 Å². The first kappa shape index (κ1) is 14.1. The van der Waals surface area contributed by atoms with E-state index in [0.717, 1.165) is 16.9 Å². The molecule has 0 aliphatic rings. The second-order valence-corrected chi connectivity index (χ2v) is 5.20. The summed E-state index contributed by atoms with van der Waals surface area (Å²) in [4.78, 5) is 17.1. The maximum Gasteiger partial charge on any atom is 0.274 e. The number of carbonyl (C=O) groups is 1. The van der Waals surface area contributed by atoms with E-state index in [4.69, 9.17) is 0 Å². The fraction of sp³-hybridized carbons (Fsp3) is 0.176. The van der Waals surface area contributed by atoms with Crippen molar-refractivity contribution in [3.8, 4) is 5.75 Å². The quantitative estimate of drug-likeness (QED) is 0.780. The van der Waals surface area contributed by atoms with Gasteiger partial charge in [0.25, 0.3) is 5.91 Å². The van der Waals surface area contributed by atoms with Gasteiger partial charge in [0.2, 0.25) is 0 Å². The number of phenolic OH excluding ortho intramolecular Hbond substituents is 1. The topological polar surface area (TPSA) is 66.6 Å². The van der Waals surface area contributed by atoms with Crippen LogP contribution in [0.25, 0.3) is 5.65 Å². The van der Waals surface area contributed by atoms with Crippen LogP contribution >= 0.6 is 0 Å². The Morgan fingerprint density at radius 1 is 1.32 bits per heavy atom. The average Bonchev–Trinajstić information content (AvgIpc) is 2.85. The monoisotopic (exact) mass is 295 g/mol. The van der Waals surface area contributed by atoms with Crippen molar-refractivity contribution in [3.63, 3.8) is 0 Å². The molecule has 0 aliphatic heterocycles. The number of amides is 1. The van der Waals surface area contributed by atoms with Crippen molar-refractivity contribution >= 4 is 17.2 Å². The molecule has 0 spiro atoms. The Bertz CT molecular complexity index is 852. The van der Waals surface area contributed by atoms with Crippen LogP contribution in [0, 0.1) is 6.92 Å². The number of benzene rings is 1. The van der Waals surface area contributed by atoms with Gasteiger partial charge >= 0.3 is 0 Å². The molecule has 0 radical (unpaired) electrons. The maximum atomic E-state index is 12.6. The summed E-state index contributed by atoms with van der Waals surface area (Å²) in [6.45, 7) is 3.95. The van der Waals surface area contributed by atoms with Gasteiger partial charge in [-0.3, -0.25) is 9.20 Å². The van der Waals surface area contributed by atoms with E-state index in [1.807, 2.05) is 36.6 Å². The number of aromatic nitrogens is 2. The van der Waals surface area contributed by atoms with E-state index in [1.165, 1.54) is 6.07 Å². The SMILES string of the molecule is CCc1nc2ccc(C)cn2c1C(=O)Nc1cccc(O)c1. The van der Waals surface area contributed by atoms with Gasteiger partial charge in [0, 0.05) is 18.0 Å². The Labute approximate surface area is 128 Å². The molecule has 112 valence electrons. The zero-order chi connectivity index (χ0) is 15.7. The number of nitrogens with one attached hydrogen (secondary N) is 1. The summed E-state index contributed by atoms with van der Waals surface area (Å²) in [6, 6.07) is 10.4. The third-order valence-corrected chi connectivity index (χ3v) is 3.49. The molecule has 2 heterocycles. The lowest BCUT2D eigenvalue weighted by Crippen LogP contribution is -2.16. The van der Waals surface area contributed by atoms with Gasteiger partial charge in [-0.05, 0) is 37.1 Å². The minimum atomic E-state index is -0.236. The maximum absolute atomic E-state index is 12.6. The molecule has 22 heavy (non-hydrogen) atoms. The summed E-state index contributed by atoms with van der Waals surface area (Å²) in [7, 11) is 0. The largest absolute Gasteiger partial charge is 0.508 e. The second kappa shape index (κ2) is 5.52. The van der Waals surface area contributed by atoms with E-state index < -0.39 is 0 Å². The van der Waals surface area contributed by atoms with Gasteiger partial charge in [-0.2, -0.15) is 0 Å². The molecule has 0 unspecified atom stereocenters. The predicted octanol–water partition coefficient (Wildman–Crippen LogP) is 3.16. The van der Waals surface area contributed by atoms with Gasteiger partial charge < -0.3 is 10.4 Å². The Kier molecular flexibility index (Phi) is 3.55. The van der Waals surface area contributed by atoms with Crippen LogP contribution in [0.4, 0.5) is 5.69 Å². The highest BCUT2D eigenvalue weighted by Gasteiger charge is 2.18. The van der Waals surface area contributed by atoms with Gasteiger partial charge in [-0.25, -0.2) is 4.98 Å². The number of imidazole rings is 1. The van der Waals surface area contributed by atoms with Crippen LogP contribution in [0.2, 0.25) is 0 Å². The van der Waals surface area contributed by atoms with Crippen LogP contribution in [0.1, 0.15) is 28.7 Å². The molecule has 2 aromatic heterocycles. The number of anilines is 1. The van der Waals surface area contributed by atoms with Gasteiger partial charge in [-0.1, -0.05) is 19.1 Å². The molecular weight excluding hydrogens is 278 g/mol. The van der Waals surface area contributed by atoms with Crippen LogP contribution in [0.5, 0.6) is 5.75 Å². The Morgan fingerprint density at radius 3 is 2.86 bits per heavy atom. The van der Waals surface area contributed by atoms with Gasteiger partial charge in [0.1, 0.15) is 17.1 Å². The molecule has 5 nitrogen and oxygen atoms in total. The van der Waals surface area contributed by atoms with Crippen molar-refractivity contribution in [1.29, 1.82) is 0 Å². The molecule has 5 heteroatoms. The molecule has 1 aromatic carbocycles. The fourth-order valence-electron chi connectivity index (χ4n) is 2.46. The summed E-state index contributed by atoms with van der Waals surface area (Å²) in [5, 5.41) is 12.3. The molecular formula is C17H17N3O2. The van der Waals surface area contributed by atoms with Crippen molar-refractivity contribution in [2.24, 2.45) is 0 Å². The number of carbonyl (C=O) groups excluding carboxylic acids is 1. The smallest absolute Gasteiger partial charge is 0.274 e. The van der Waals surface area contributed by atoms with Gasteiger partial charge in [-0.15, -0.1) is 0 Å². The molecule has 0 aliphatic carbocycles. The molecule has 2 N–H and O–H groups in total. The van der Waals surface area contributed by atoms with E-state index >= 15 is 0 Å². The zero-order valence-corrected chi connectivity index (χ0v) is 12.5. The first-order valence-corrected chi connectivity index (χ1v) is 7.16. The van der Waals surface area contributed by atoms with Crippen molar-refractivity contribution in [2.45, 2.75) is 20.3 Å². The third kappa shape index (κ3) is 2.53. The minimum Gasteiger partial charge on any atom is -0.508 e. The van der Waals surface area contributed by atoms with E-state index in [0.29, 0.717) is 17.8 Å². The first-order valence-electron chi connectivity index (χ1n) is 7.16. The van der Waals surface area contributed by atoms with E-state index in [1.54, 1.807) is 18.2 Å². The number of nitrogens with zero attached hydrogens (tertiary/aromatic N) is 2. The molecule has 3 aromatic rings. The Morgan fingerprint density at radius 2 is 2.14 bits per heavy atom. The number of fused-ring (bicyclic) bond motifs is 1. The predicted molar refractivity (Wildman–Crippen MR) is 85.4 cm³/mol. The number of aryl methyl sites for hydroxylation is 2. The number of hydrogen-bond donors (Lipinski definition) is 2. The normalized spacial score (nSPS) is 10.8. The van der Waals surface area contributed by atoms with Crippen LogP contribution in [-0.2, 0) is 6.42 Å².